The molecule has 0 aromatic carbocycles. The van der Waals surface area contributed by atoms with Gasteiger partial charge in [0.2, 0.25) is 0 Å². The first-order valence-electron chi connectivity index (χ1n) is 3.47. The molecule has 0 spiro atoms. The fourth-order valence-corrected chi connectivity index (χ4v) is 0.920. The van der Waals surface area contributed by atoms with E-state index in [4.69, 9.17) is 9.84 Å². The van der Waals surface area contributed by atoms with Crippen molar-refractivity contribution >= 4 is 11.8 Å². The zero-order chi connectivity index (χ0) is 9.14. The first-order chi connectivity index (χ1) is 5.61. The zero-order valence-electron chi connectivity index (χ0n) is 6.32. The lowest BCUT2D eigenvalue weighted by molar-refractivity contribution is -0.138. The predicted octanol–water partition coefficient (Wildman–Crippen LogP) is -2.65. The van der Waals surface area contributed by atoms with E-state index in [0.29, 0.717) is 0 Å². The van der Waals surface area contributed by atoms with Crippen LogP contribution in [0.15, 0.2) is 0 Å². The van der Waals surface area contributed by atoms with Crippen LogP contribution < -0.4 is 11.1 Å². The summed E-state index contributed by atoms with van der Waals surface area (Å²) in [4.78, 5) is 21.0. The van der Waals surface area contributed by atoms with Crippen LogP contribution in [0.5, 0.6) is 0 Å². The van der Waals surface area contributed by atoms with E-state index in [9.17, 15) is 9.59 Å². The van der Waals surface area contributed by atoms with E-state index in [-0.39, 0.29) is 13.2 Å². The summed E-state index contributed by atoms with van der Waals surface area (Å²) in [7, 11) is 0. The number of carbonyl (C=O) groups is 2. The lowest BCUT2D eigenvalue weighted by atomic mass is 10.2. The molecule has 0 unspecified atom stereocenters. The van der Waals surface area contributed by atoms with Gasteiger partial charge in [-0.2, -0.15) is 0 Å². The number of aliphatic hydroxyl groups excluding tert-OH is 1. The topological polar surface area (TPSA) is 102 Å². The highest BCUT2D eigenvalue weighted by molar-refractivity contribution is 6.34. The van der Waals surface area contributed by atoms with Gasteiger partial charge in [0, 0.05) is 0 Å². The summed E-state index contributed by atoms with van der Waals surface area (Å²) in [6.45, 7) is 0.379. The fourth-order valence-electron chi connectivity index (χ4n) is 0.920. The van der Waals surface area contributed by atoms with Crippen molar-refractivity contribution < 1.29 is 19.4 Å². The molecule has 1 aliphatic heterocycles. The number of aliphatic hydroxyl groups is 1. The van der Waals surface area contributed by atoms with Crippen LogP contribution in [0.3, 0.4) is 0 Å². The summed E-state index contributed by atoms with van der Waals surface area (Å²) in [6.07, 6.45) is -0.756. The summed E-state index contributed by atoms with van der Waals surface area (Å²) >= 11 is 0. The average Bonchev–Trinajstić information content (AvgIpc) is 2.36. The van der Waals surface area contributed by atoms with Gasteiger partial charge in [-0.1, -0.05) is 0 Å². The Morgan fingerprint density at radius 2 is 2.17 bits per heavy atom. The molecule has 0 aromatic rings. The largest absolute Gasteiger partial charge is 0.388 e. The van der Waals surface area contributed by atoms with E-state index in [1.807, 2.05) is 0 Å². The van der Waals surface area contributed by atoms with Crippen LogP contribution in [0.2, 0.25) is 0 Å². The van der Waals surface area contributed by atoms with Crippen LogP contribution in [-0.2, 0) is 14.3 Å². The average molecular weight is 174 g/mol. The molecular formula is C6H10N2O4. The van der Waals surface area contributed by atoms with Gasteiger partial charge in [0.25, 0.3) is 0 Å². The molecule has 0 saturated carbocycles. The second kappa shape index (κ2) is 3.51. The molecule has 1 rings (SSSR count). The van der Waals surface area contributed by atoms with Crippen molar-refractivity contribution in [1.29, 1.82) is 0 Å². The molecule has 6 nitrogen and oxygen atoms in total. The van der Waals surface area contributed by atoms with Gasteiger partial charge in [0.05, 0.1) is 25.4 Å². The Balaban J connectivity index is 2.40. The number of rotatable bonds is 1. The monoisotopic (exact) mass is 174 g/mol. The third-order valence-corrected chi connectivity index (χ3v) is 1.59. The van der Waals surface area contributed by atoms with Crippen LogP contribution in [0.1, 0.15) is 0 Å². The molecule has 1 heterocycles. The number of nitrogens with one attached hydrogen (secondary N) is 1. The summed E-state index contributed by atoms with van der Waals surface area (Å²) < 4.78 is 4.83. The van der Waals surface area contributed by atoms with Gasteiger partial charge >= 0.3 is 11.8 Å². The number of nitrogens with two attached hydrogens (primary N) is 1. The molecule has 4 N–H and O–H groups in total. The van der Waals surface area contributed by atoms with Crippen molar-refractivity contribution in [3.05, 3.63) is 0 Å². The molecule has 0 bridgehead atoms. The SMILES string of the molecule is NC(=O)C(=O)N[C@H]1COC[C@@H]1O. The zero-order valence-corrected chi connectivity index (χ0v) is 6.32. The minimum atomic E-state index is -1.06. The molecule has 68 valence electrons. The Labute approximate surface area is 68.7 Å². The van der Waals surface area contributed by atoms with E-state index >= 15 is 0 Å². The minimum Gasteiger partial charge on any atom is -0.388 e. The van der Waals surface area contributed by atoms with Crippen LogP contribution in [-0.4, -0.2) is 42.3 Å². The predicted molar refractivity (Wildman–Crippen MR) is 38.0 cm³/mol. The van der Waals surface area contributed by atoms with E-state index in [1.54, 1.807) is 0 Å². The van der Waals surface area contributed by atoms with E-state index < -0.39 is 24.0 Å². The van der Waals surface area contributed by atoms with Crippen molar-refractivity contribution in [2.45, 2.75) is 12.1 Å². The first-order valence-corrected chi connectivity index (χ1v) is 3.47. The van der Waals surface area contributed by atoms with E-state index in [1.165, 1.54) is 0 Å². The Hall–Kier alpha value is -1.14. The lowest BCUT2D eigenvalue weighted by Crippen LogP contribution is -2.47. The Morgan fingerprint density at radius 3 is 2.58 bits per heavy atom. The summed E-state index contributed by atoms with van der Waals surface area (Å²) in [5.74, 6) is -1.96. The maximum atomic E-state index is 10.7. The molecule has 0 radical (unpaired) electrons. The molecular weight excluding hydrogens is 164 g/mol. The molecule has 2 amide bonds. The number of hydrogen-bond acceptors (Lipinski definition) is 4. The van der Waals surface area contributed by atoms with Gasteiger partial charge in [0.15, 0.2) is 0 Å². The summed E-state index contributed by atoms with van der Waals surface area (Å²) in [5, 5.41) is 11.4. The van der Waals surface area contributed by atoms with Crippen molar-refractivity contribution in [3.8, 4) is 0 Å². The summed E-state index contributed by atoms with van der Waals surface area (Å²) in [5.41, 5.74) is 4.69. The van der Waals surface area contributed by atoms with Crippen LogP contribution in [0.4, 0.5) is 0 Å². The Morgan fingerprint density at radius 1 is 1.50 bits per heavy atom. The van der Waals surface area contributed by atoms with Crippen molar-refractivity contribution in [2.75, 3.05) is 13.2 Å². The normalized spacial score (nSPS) is 28.4. The fraction of sp³-hybridized carbons (Fsp3) is 0.667. The lowest BCUT2D eigenvalue weighted by Gasteiger charge is -2.12. The minimum absolute atomic E-state index is 0.170. The number of ether oxygens (including phenoxy) is 1. The smallest absolute Gasteiger partial charge is 0.309 e. The van der Waals surface area contributed by atoms with Crippen molar-refractivity contribution in [3.63, 3.8) is 0 Å². The Bertz CT molecular complexity index is 206. The highest BCUT2D eigenvalue weighted by Gasteiger charge is 2.28. The van der Waals surface area contributed by atoms with Gasteiger partial charge in [-0.15, -0.1) is 0 Å². The van der Waals surface area contributed by atoms with E-state index in [2.05, 4.69) is 11.1 Å². The standard InChI is InChI=1S/C6H10N2O4/c7-5(10)6(11)8-3-1-12-2-4(3)9/h3-4,9H,1-2H2,(H2,7,10)(H,8,11)/t3-,4-/m0/s1. The Kier molecular flexibility index (Phi) is 2.61. The number of hydrogen-bond donors (Lipinski definition) is 3. The molecule has 1 saturated heterocycles. The number of primary amides is 1. The highest BCUT2D eigenvalue weighted by Crippen LogP contribution is 2.04. The van der Waals surface area contributed by atoms with Crippen LogP contribution in [0.25, 0.3) is 0 Å². The maximum absolute atomic E-state index is 10.7. The third-order valence-electron chi connectivity index (χ3n) is 1.59. The van der Waals surface area contributed by atoms with Gasteiger partial charge in [-0.05, 0) is 0 Å². The maximum Gasteiger partial charge on any atom is 0.309 e. The molecule has 0 aromatic heterocycles. The van der Waals surface area contributed by atoms with Crippen molar-refractivity contribution in [1.82, 2.24) is 5.32 Å². The van der Waals surface area contributed by atoms with Crippen molar-refractivity contribution in [2.24, 2.45) is 5.73 Å². The third kappa shape index (κ3) is 1.93. The second-order valence-corrected chi connectivity index (χ2v) is 2.55. The van der Waals surface area contributed by atoms with Gasteiger partial charge < -0.3 is 20.9 Å². The van der Waals surface area contributed by atoms with E-state index in [0.717, 1.165) is 0 Å². The van der Waals surface area contributed by atoms with Gasteiger partial charge in [0.1, 0.15) is 0 Å². The highest BCUT2D eigenvalue weighted by atomic mass is 16.5. The molecule has 1 aliphatic rings. The van der Waals surface area contributed by atoms with Crippen LogP contribution >= 0.6 is 0 Å². The van der Waals surface area contributed by atoms with Gasteiger partial charge in [-0.3, -0.25) is 9.59 Å². The quantitative estimate of drug-likeness (QED) is 0.378. The molecule has 12 heavy (non-hydrogen) atoms. The number of carbonyl (C=O) groups excluding carboxylic acids is 2. The first kappa shape index (κ1) is 8.95. The molecule has 6 heteroatoms. The second-order valence-electron chi connectivity index (χ2n) is 2.55. The van der Waals surface area contributed by atoms with Gasteiger partial charge in [-0.25, -0.2) is 0 Å². The molecule has 1 fully saturated rings. The van der Waals surface area contributed by atoms with Crippen LogP contribution in [0, 0.1) is 0 Å². The molecule has 0 aliphatic carbocycles. The molecule has 2 atom stereocenters. The number of amides is 2. The summed E-state index contributed by atoms with van der Waals surface area (Å²) in [6, 6.07) is -0.523.